The molecule has 0 bridgehead atoms. The number of unbranched alkanes of at least 4 members (excludes halogenated alkanes) is 5. The van der Waals surface area contributed by atoms with Gasteiger partial charge in [-0.3, -0.25) is 9.59 Å². The molecule has 7 nitrogen and oxygen atoms in total. The summed E-state index contributed by atoms with van der Waals surface area (Å²) >= 11 is 0. The lowest BCUT2D eigenvalue weighted by Gasteiger charge is -2.02. The number of nitrogens with one attached hydrogen (secondary N) is 1. The summed E-state index contributed by atoms with van der Waals surface area (Å²) in [5, 5.41) is 18.6. The highest BCUT2D eigenvalue weighted by atomic mass is 16.4. The van der Waals surface area contributed by atoms with Gasteiger partial charge >= 0.3 is 5.97 Å². The van der Waals surface area contributed by atoms with Crippen molar-refractivity contribution >= 4 is 11.9 Å². The van der Waals surface area contributed by atoms with E-state index in [2.05, 4.69) is 22.6 Å². The zero-order valence-corrected chi connectivity index (χ0v) is 11.8. The fourth-order valence-electron chi connectivity index (χ4n) is 1.82. The van der Waals surface area contributed by atoms with Crippen molar-refractivity contribution in [2.75, 3.05) is 6.54 Å². The molecule has 0 aliphatic rings. The highest BCUT2D eigenvalue weighted by molar-refractivity contribution is 5.91. The molecular formula is C13H22N4O3. The van der Waals surface area contributed by atoms with Crippen molar-refractivity contribution in [2.24, 2.45) is 0 Å². The van der Waals surface area contributed by atoms with Crippen molar-refractivity contribution in [3.05, 3.63) is 11.9 Å². The summed E-state index contributed by atoms with van der Waals surface area (Å²) in [6, 6.07) is 0. The Morgan fingerprint density at radius 1 is 1.25 bits per heavy atom. The first kappa shape index (κ1) is 16.1. The molecule has 7 heteroatoms. The monoisotopic (exact) mass is 282 g/mol. The predicted octanol–water partition coefficient (Wildman–Crippen LogP) is 1.45. The molecule has 0 fully saturated rings. The molecule has 1 amide bonds. The molecule has 2 N–H and O–H groups in total. The van der Waals surface area contributed by atoms with Crippen molar-refractivity contribution in [1.82, 2.24) is 20.3 Å². The third kappa shape index (κ3) is 6.31. The minimum absolute atomic E-state index is 0.150. The molecule has 0 radical (unpaired) electrons. The number of aromatic nitrogens is 3. The van der Waals surface area contributed by atoms with Crippen LogP contribution < -0.4 is 5.32 Å². The molecule has 0 aromatic carbocycles. The zero-order chi connectivity index (χ0) is 14.8. The van der Waals surface area contributed by atoms with E-state index in [0.717, 1.165) is 17.5 Å². The van der Waals surface area contributed by atoms with Crippen LogP contribution in [0.1, 0.15) is 55.9 Å². The third-order valence-corrected chi connectivity index (χ3v) is 2.88. The molecule has 0 saturated carbocycles. The molecule has 112 valence electrons. The van der Waals surface area contributed by atoms with Gasteiger partial charge in [0.1, 0.15) is 6.54 Å². The number of rotatable bonds is 10. The molecular weight excluding hydrogens is 260 g/mol. The number of carbonyl (C=O) groups is 2. The van der Waals surface area contributed by atoms with Crippen molar-refractivity contribution in [3.63, 3.8) is 0 Å². The number of aliphatic carboxylic acids is 1. The lowest BCUT2D eigenvalue weighted by molar-refractivity contribution is -0.137. The summed E-state index contributed by atoms with van der Waals surface area (Å²) in [7, 11) is 0. The van der Waals surface area contributed by atoms with Crippen molar-refractivity contribution in [1.29, 1.82) is 0 Å². The summed E-state index contributed by atoms with van der Waals surface area (Å²) in [5.74, 6) is -1.33. The van der Waals surface area contributed by atoms with Gasteiger partial charge in [-0.2, -0.15) is 0 Å². The summed E-state index contributed by atoms with van der Waals surface area (Å²) in [6.45, 7) is 2.49. The van der Waals surface area contributed by atoms with E-state index in [1.807, 2.05) is 0 Å². The maximum absolute atomic E-state index is 11.7. The molecule has 0 unspecified atom stereocenters. The Labute approximate surface area is 118 Å². The van der Waals surface area contributed by atoms with E-state index in [1.165, 1.54) is 31.9 Å². The first-order valence-electron chi connectivity index (χ1n) is 7.03. The Morgan fingerprint density at radius 2 is 1.95 bits per heavy atom. The summed E-state index contributed by atoms with van der Waals surface area (Å²) in [6.07, 6.45) is 8.31. The smallest absolute Gasteiger partial charge is 0.325 e. The van der Waals surface area contributed by atoms with Crippen LogP contribution in [-0.4, -0.2) is 38.5 Å². The molecule has 20 heavy (non-hydrogen) atoms. The fourth-order valence-corrected chi connectivity index (χ4v) is 1.82. The number of hydrogen-bond acceptors (Lipinski definition) is 4. The highest BCUT2D eigenvalue weighted by Crippen LogP contribution is 2.04. The van der Waals surface area contributed by atoms with Gasteiger partial charge in [-0.05, 0) is 6.42 Å². The third-order valence-electron chi connectivity index (χ3n) is 2.88. The van der Waals surface area contributed by atoms with Gasteiger partial charge in [0.05, 0.1) is 6.20 Å². The Hall–Kier alpha value is -1.92. The summed E-state index contributed by atoms with van der Waals surface area (Å²) < 4.78 is 1.13. The average Bonchev–Trinajstić information content (AvgIpc) is 2.85. The quantitative estimate of drug-likeness (QED) is 0.633. The first-order chi connectivity index (χ1) is 9.63. The van der Waals surface area contributed by atoms with E-state index in [1.54, 1.807) is 0 Å². The van der Waals surface area contributed by atoms with Crippen LogP contribution >= 0.6 is 0 Å². The lowest BCUT2D eigenvalue weighted by atomic mass is 10.1. The van der Waals surface area contributed by atoms with Crippen LogP contribution in [0.4, 0.5) is 0 Å². The number of carboxylic acids is 1. The maximum atomic E-state index is 11.7. The minimum Gasteiger partial charge on any atom is -0.480 e. The summed E-state index contributed by atoms with van der Waals surface area (Å²) in [5.41, 5.74) is 0.150. The first-order valence-corrected chi connectivity index (χ1v) is 7.03. The Kier molecular flexibility index (Phi) is 7.31. The predicted molar refractivity (Wildman–Crippen MR) is 73.4 cm³/mol. The zero-order valence-electron chi connectivity index (χ0n) is 11.8. The standard InChI is InChI=1S/C13H22N4O3/c1-2-3-4-5-6-7-8-14-13(20)11-9-17(16-15-11)10-12(18)19/h9H,2-8,10H2,1H3,(H,14,20)(H,18,19). The van der Waals surface area contributed by atoms with Crippen LogP contribution in [-0.2, 0) is 11.3 Å². The topological polar surface area (TPSA) is 97.1 Å². The Balaban J connectivity index is 2.19. The normalized spacial score (nSPS) is 10.4. The van der Waals surface area contributed by atoms with Gasteiger partial charge in [0.2, 0.25) is 0 Å². The van der Waals surface area contributed by atoms with E-state index in [4.69, 9.17) is 5.11 Å². The van der Waals surface area contributed by atoms with E-state index in [-0.39, 0.29) is 18.1 Å². The number of carbonyl (C=O) groups excluding carboxylic acids is 1. The molecule has 0 aliphatic heterocycles. The molecule has 0 aliphatic carbocycles. The SMILES string of the molecule is CCCCCCCCNC(=O)c1cn(CC(=O)O)nn1. The van der Waals surface area contributed by atoms with Crippen LogP contribution in [0.2, 0.25) is 0 Å². The van der Waals surface area contributed by atoms with Crippen molar-refractivity contribution in [3.8, 4) is 0 Å². The van der Waals surface area contributed by atoms with Gasteiger partial charge in [-0.15, -0.1) is 5.10 Å². The number of amides is 1. The van der Waals surface area contributed by atoms with Crippen LogP contribution in [0.15, 0.2) is 6.20 Å². The Morgan fingerprint density at radius 3 is 2.65 bits per heavy atom. The van der Waals surface area contributed by atoms with Gasteiger partial charge in [0.25, 0.3) is 5.91 Å². The lowest BCUT2D eigenvalue weighted by Crippen LogP contribution is -2.24. The molecule has 0 atom stereocenters. The van der Waals surface area contributed by atoms with Crippen molar-refractivity contribution < 1.29 is 14.7 Å². The largest absolute Gasteiger partial charge is 0.480 e. The van der Waals surface area contributed by atoms with Gasteiger partial charge in [0, 0.05) is 6.54 Å². The highest BCUT2D eigenvalue weighted by Gasteiger charge is 2.11. The maximum Gasteiger partial charge on any atom is 0.325 e. The van der Waals surface area contributed by atoms with Crippen LogP contribution in [0, 0.1) is 0 Å². The Bertz CT molecular complexity index is 431. The van der Waals surface area contributed by atoms with Crippen molar-refractivity contribution in [2.45, 2.75) is 52.0 Å². The van der Waals surface area contributed by atoms with Crippen LogP contribution in [0.5, 0.6) is 0 Å². The van der Waals surface area contributed by atoms with Crippen LogP contribution in [0.25, 0.3) is 0 Å². The second kappa shape index (κ2) is 9.06. The van der Waals surface area contributed by atoms with E-state index in [0.29, 0.717) is 6.54 Å². The molecule has 0 saturated heterocycles. The molecule has 1 aromatic rings. The second-order valence-corrected chi connectivity index (χ2v) is 4.72. The van der Waals surface area contributed by atoms with Crippen LogP contribution in [0.3, 0.4) is 0 Å². The van der Waals surface area contributed by atoms with Gasteiger partial charge in [0.15, 0.2) is 5.69 Å². The molecule has 1 heterocycles. The fraction of sp³-hybridized carbons (Fsp3) is 0.692. The molecule has 0 spiro atoms. The van der Waals surface area contributed by atoms with Gasteiger partial charge in [-0.25, -0.2) is 4.68 Å². The van der Waals surface area contributed by atoms with Gasteiger partial charge < -0.3 is 10.4 Å². The van der Waals surface area contributed by atoms with E-state index in [9.17, 15) is 9.59 Å². The average molecular weight is 282 g/mol. The molecule has 1 rings (SSSR count). The number of hydrogen-bond donors (Lipinski definition) is 2. The van der Waals surface area contributed by atoms with E-state index >= 15 is 0 Å². The number of carboxylic acid groups (broad SMARTS) is 1. The summed E-state index contributed by atoms with van der Waals surface area (Å²) in [4.78, 5) is 22.2. The van der Waals surface area contributed by atoms with E-state index < -0.39 is 5.97 Å². The molecule has 1 aromatic heterocycles. The number of nitrogens with zero attached hydrogens (tertiary/aromatic N) is 3. The minimum atomic E-state index is -1.02. The second-order valence-electron chi connectivity index (χ2n) is 4.72. The van der Waals surface area contributed by atoms with Gasteiger partial charge in [-0.1, -0.05) is 44.2 Å².